The minimum atomic E-state index is -0.0555. The summed E-state index contributed by atoms with van der Waals surface area (Å²) in [6.07, 6.45) is 0. The van der Waals surface area contributed by atoms with E-state index in [1.165, 1.54) is 0 Å². The molecule has 0 fully saturated rings. The Labute approximate surface area is 174 Å². The van der Waals surface area contributed by atoms with E-state index in [0.29, 0.717) is 29.0 Å². The normalized spacial score (nSPS) is 12.5. The zero-order valence-corrected chi connectivity index (χ0v) is 16.9. The number of ether oxygens (including phenoxy) is 2. The zero-order chi connectivity index (χ0) is 19.1. The number of nitrogens with zero attached hydrogens (tertiary/aromatic N) is 2. The quantitative estimate of drug-likeness (QED) is 0.405. The van der Waals surface area contributed by atoms with Crippen LogP contribution in [0.25, 0.3) is 22.3 Å². The maximum Gasteiger partial charge on any atom is 0.261 e. The first-order chi connectivity index (χ1) is 13.7. The molecule has 0 radical (unpaired) electrons. The van der Waals surface area contributed by atoms with E-state index in [1.807, 2.05) is 66.7 Å². The molecular weight excluding hydrogens is 467 g/mol. The smallest absolute Gasteiger partial charge is 0.261 e. The van der Waals surface area contributed by atoms with Crippen molar-refractivity contribution in [3.63, 3.8) is 0 Å². The summed E-state index contributed by atoms with van der Waals surface area (Å²) in [7, 11) is 0. The van der Waals surface area contributed by atoms with Gasteiger partial charge in [-0.1, -0.05) is 36.4 Å². The molecule has 0 bridgehead atoms. The lowest BCUT2D eigenvalue weighted by molar-refractivity contribution is 0.174. The molecule has 0 unspecified atom stereocenters. The third-order valence-corrected chi connectivity index (χ3v) is 5.40. The number of aromatic nitrogens is 2. The predicted octanol–water partition coefficient (Wildman–Crippen LogP) is 4.45. The molecular formula is C22H15IN2O3. The van der Waals surface area contributed by atoms with E-state index in [4.69, 9.17) is 14.5 Å². The number of hydrogen-bond acceptors (Lipinski definition) is 4. The maximum absolute atomic E-state index is 13.4. The van der Waals surface area contributed by atoms with Crippen LogP contribution in [0.5, 0.6) is 11.5 Å². The lowest BCUT2D eigenvalue weighted by Gasteiger charge is -2.14. The van der Waals surface area contributed by atoms with E-state index in [-0.39, 0.29) is 12.4 Å². The van der Waals surface area contributed by atoms with Crippen molar-refractivity contribution >= 4 is 33.5 Å². The highest BCUT2D eigenvalue weighted by atomic mass is 127. The van der Waals surface area contributed by atoms with Crippen LogP contribution in [-0.4, -0.2) is 16.3 Å². The lowest BCUT2D eigenvalue weighted by atomic mass is 10.1. The van der Waals surface area contributed by atoms with E-state index < -0.39 is 0 Å². The monoisotopic (exact) mass is 482 g/mol. The fourth-order valence-electron chi connectivity index (χ4n) is 3.37. The number of hydrogen-bond donors (Lipinski definition) is 0. The second kappa shape index (κ2) is 6.94. The van der Waals surface area contributed by atoms with Gasteiger partial charge < -0.3 is 9.47 Å². The number of halogens is 1. The number of rotatable bonds is 3. The van der Waals surface area contributed by atoms with Gasteiger partial charge in [0, 0.05) is 9.13 Å². The molecule has 2 heterocycles. The van der Waals surface area contributed by atoms with E-state index in [0.717, 1.165) is 20.4 Å². The Hall–Kier alpha value is -2.87. The molecule has 1 aromatic heterocycles. The van der Waals surface area contributed by atoms with Gasteiger partial charge in [0.1, 0.15) is 5.82 Å². The van der Waals surface area contributed by atoms with Gasteiger partial charge in [-0.05, 0) is 58.5 Å². The summed E-state index contributed by atoms with van der Waals surface area (Å²) in [5.41, 5.74) is 2.50. The van der Waals surface area contributed by atoms with Crippen molar-refractivity contribution in [3.8, 4) is 22.9 Å². The molecule has 0 N–H and O–H groups in total. The molecule has 0 atom stereocenters. The Balaban J connectivity index is 1.71. The molecule has 28 heavy (non-hydrogen) atoms. The second-order valence-electron chi connectivity index (χ2n) is 6.54. The molecule has 0 amide bonds. The highest BCUT2D eigenvalue weighted by Gasteiger charge is 2.17. The van der Waals surface area contributed by atoms with Crippen LogP contribution in [0.2, 0.25) is 0 Å². The van der Waals surface area contributed by atoms with Crippen molar-refractivity contribution in [2.45, 2.75) is 6.54 Å². The fourth-order valence-corrected chi connectivity index (χ4v) is 3.86. The largest absolute Gasteiger partial charge is 0.454 e. The Kier molecular flexibility index (Phi) is 4.27. The Morgan fingerprint density at radius 1 is 0.964 bits per heavy atom. The second-order valence-corrected chi connectivity index (χ2v) is 7.79. The standard InChI is InChI=1S/C22H15IN2O3/c23-16-7-8-18-17(11-16)22(26)25(21(24-18)15-4-2-1-3-5-15)12-14-6-9-19-20(10-14)28-13-27-19/h1-11H,12-13H2. The van der Waals surface area contributed by atoms with Crippen LogP contribution in [0.4, 0.5) is 0 Å². The van der Waals surface area contributed by atoms with Crippen LogP contribution in [0.3, 0.4) is 0 Å². The summed E-state index contributed by atoms with van der Waals surface area (Å²) in [6.45, 7) is 0.623. The fraction of sp³-hybridized carbons (Fsp3) is 0.0909. The van der Waals surface area contributed by atoms with Crippen molar-refractivity contribution in [1.29, 1.82) is 0 Å². The summed E-state index contributed by atoms with van der Waals surface area (Å²) >= 11 is 2.21. The molecule has 0 spiro atoms. The minimum Gasteiger partial charge on any atom is -0.454 e. The molecule has 5 nitrogen and oxygen atoms in total. The van der Waals surface area contributed by atoms with Crippen molar-refractivity contribution < 1.29 is 9.47 Å². The summed E-state index contributed by atoms with van der Waals surface area (Å²) in [6, 6.07) is 21.3. The van der Waals surface area contributed by atoms with Gasteiger partial charge in [-0.2, -0.15) is 0 Å². The van der Waals surface area contributed by atoms with Gasteiger partial charge in [-0.15, -0.1) is 0 Å². The Morgan fingerprint density at radius 3 is 2.64 bits per heavy atom. The predicted molar refractivity (Wildman–Crippen MR) is 116 cm³/mol. The van der Waals surface area contributed by atoms with E-state index in [1.54, 1.807) is 4.57 Å². The first-order valence-electron chi connectivity index (χ1n) is 8.83. The zero-order valence-electron chi connectivity index (χ0n) is 14.8. The summed E-state index contributed by atoms with van der Waals surface area (Å²) < 4.78 is 13.6. The van der Waals surface area contributed by atoms with Crippen molar-refractivity contribution in [3.05, 3.63) is 86.2 Å². The van der Waals surface area contributed by atoms with Crippen LogP contribution >= 0.6 is 22.6 Å². The topological polar surface area (TPSA) is 53.4 Å². The lowest BCUT2D eigenvalue weighted by Crippen LogP contribution is -2.24. The molecule has 5 rings (SSSR count). The van der Waals surface area contributed by atoms with Crippen molar-refractivity contribution in [2.75, 3.05) is 6.79 Å². The Morgan fingerprint density at radius 2 is 1.79 bits per heavy atom. The van der Waals surface area contributed by atoms with Gasteiger partial charge in [0.15, 0.2) is 11.5 Å². The average molecular weight is 482 g/mol. The molecule has 4 aromatic rings. The van der Waals surface area contributed by atoms with Gasteiger partial charge in [-0.25, -0.2) is 4.98 Å². The summed E-state index contributed by atoms with van der Waals surface area (Å²) in [4.78, 5) is 18.2. The SMILES string of the molecule is O=c1c2cc(I)ccc2nc(-c2ccccc2)n1Cc1ccc2c(c1)OCO2. The van der Waals surface area contributed by atoms with Gasteiger partial charge in [0.25, 0.3) is 5.56 Å². The first-order valence-corrected chi connectivity index (χ1v) is 9.91. The molecule has 6 heteroatoms. The van der Waals surface area contributed by atoms with E-state index >= 15 is 0 Å². The molecule has 0 saturated heterocycles. The molecule has 0 saturated carbocycles. The van der Waals surface area contributed by atoms with E-state index in [9.17, 15) is 4.79 Å². The van der Waals surface area contributed by atoms with Crippen LogP contribution in [0.15, 0.2) is 71.5 Å². The van der Waals surface area contributed by atoms with Crippen LogP contribution in [0, 0.1) is 3.57 Å². The van der Waals surface area contributed by atoms with Crippen molar-refractivity contribution in [1.82, 2.24) is 9.55 Å². The van der Waals surface area contributed by atoms with Gasteiger partial charge in [0.05, 0.1) is 17.4 Å². The van der Waals surface area contributed by atoms with Gasteiger partial charge in [0.2, 0.25) is 6.79 Å². The highest BCUT2D eigenvalue weighted by Crippen LogP contribution is 2.33. The number of benzene rings is 3. The third kappa shape index (κ3) is 3.03. The van der Waals surface area contributed by atoms with Crippen LogP contribution < -0.4 is 15.0 Å². The van der Waals surface area contributed by atoms with Crippen molar-refractivity contribution in [2.24, 2.45) is 0 Å². The van der Waals surface area contributed by atoms with Gasteiger partial charge >= 0.3 is 0 Å². The highest BCUT2D eigenvalue weighted by molar-refractivity contribution is 14.1. The average Bonchev–Trinajstić information content (AvgIpc) is 3.19. The molecule has 138 valence electrons. The molecule has 1 aliphatic heterocycles. The van der Waals surface area contributed by atoms with E-state index in [2.05, 4.69) is 22.6 Å². The third-order valence-electron chi connectivity index (χ3n) is 4.73. The number of fused-ring (bicyclic) bond motifs is 2. The maximum atomic E-state index is 13.4. The summed E-state index contributed by atoms with van der Waals surface area (Å²) in [5.74, 6) is 2.08. The molecule has 0 aliphatic carbocycles. The summed E-state index contributed by atoms with van der Waals surface area (Å²) in [5, 5.41) is 0.618. The van der Waals surface area contributed by atoms with Crippen LogP contribution in [-0.2, 0) is 6.54 Å². The molecule has 1 aliphatic rings. The first kappa shape index (κ1) is 17.2. The molecule has 3 aromatic carbocycles. The Bertz CT molecular complexity index is 1250. The van der Waals surface area contributed by atoms with Crippen LogP contribution in [0.1, 0.15) is 5.56 Å². The minimum absolute atomic E-state index is 0.0555. The van der Waals surface area contributed by atoms with Gasteiger partial charge in [-0.3, -0.25) is 9.36 Å².